The van der Waals surface area contributed by atoms with E-state index in [9.17, 15) is 9.90 Å². The highest BCUT2D eigenvalue weighted by atomic mass is 35.5. The Bertz CT molecular complexity index is 1210. The smallest absolute Gasteiger partial charge is 0.275 e. The molecular weight excluding hydrogens is 544 g/mol. The second-order valence-corrected chi connectivity index (χ2v) is 11.7. The quantitative estimate of drug-likeness (QED) is 0.332. The summed E-state index contributed by atoms with van der Waals surface area (Å²) in [5.74, 6) is 0.847. The summed E-state index contributed by atoms with van der Waals surface area (Å²) in [7, 11) is 0. The first-order valence-electron chi connectivity index (χ1n) is 14.1. The Kier molecular flexibility index (Phi) is 11.1. The van der Waals surface area contributed by atoms with Crippen LogP contribution in [0.15, 0.2) is 67.0 Å². The molecule has 1 amide bonds. The van der Waals surface area contributed by atoms with Crippen molar-refractivity contribution in [1.82, 2.24) is 19.8 Å². The first kappa shape index (κ1) is 30.6. The van der Waals surface area contributed by atoms with Gasteiger partial charge in [0.15, 0.2) is 5.69 Å². The number of piperazine rings is 1. The Morgan fingerprint density at radius 1 is 1.15 bits per heavy atom. The van der Waals surface area contributed by atoms with Gasteiger partial charge in [-0.25, -0.2) is 4.98 Å². The lowest BCUT2D eigenvalue weighted by Crippen LogP contribution is -2.54. The minimum absolute atomic E-state index is 0. The molecule has 3 aromatic rings. The number of imidazole rings is 1. The third kappa shape index (κ3) is 6.92. The largest absolute Gasteiger partial charge is 0.385 e. The summed E-state index contributed by atoms with van der Waals surface area (Å²) in [6.07, 6.45) is 8.08. The fraction of sp³-hybridized carbons (Fsp3) is 0.484. The molecule has 1 aromatic heterocycles. The number of thioether (sulfide) groups is 1. The number of ether oxygens (including phenoxy) is 1. The highest BCUT2D eigenvalue weighted by Crippen LogP contribution is 2.41. The molecule has 2 fully saturated rings. The molecule has 2 heterocycles. The maximum Gasteiger partial charge on any atom is 0.275 e. The lowest BCUT2D eigenvalue weighted by molar-refractivity contribution is -0.0968. The second kappa shape index (κ2) is 14.5. The van der Waals surface area contributed by atoms with Gasteiger partial charge in [-0.3, -0.25) is 4.79 Å². The van der Waals surface area contributed by atoms with Crippen molar-refractivity contribution >= 4 is 30.1 Å². The van der Waals surface area contributed by atoms with E-state index in [0.29, 0.717) is 25.3 Å². The summed E-state index contributed by atoms with van der Waals surface area (Å²) in [5.41, 5.74) is 2.38. The molecule has 0 spiro atoms. The van der Waals surface area contributed by atoms with Gasteiger partial charge >= 0.3 is 0 Å². The van der Waals surface area contributed by atoms with Crippen molar-refractivity contribution in [2.24, 2.45) is 0 Å². The Balaban J connectivity index is 0.00000370. The second-order valence-electron chi connectivity index (χ2n) is 10.7. The molecule has 0 radical (unpaired) electrons. The summed E-state index contributed by atoms with van der Waals surface area (Å²) >= 11 is 1.74. The van der Waals surface area contributed by atoms with Crippen molar-refractivity contribution in [3.8, 4) is 11.3 Å². The van der Waals surface area contributed by atoms with Gasteiger partial charge in [-0.2, -0.15) is 11.8 Å². The third-order valence-corrected chi connectivity index (χ3v) is 8.62. The number of aromatic nitrogens is 2. The number of rotatable bonds is 10. The topological polar surface area (TPSA) is 79.6 Å². The molecule has 9 heteroatoms. The average molecular weight is 585 g/mol. The van der Waals surface area contributed by atoms with Crippen molar-refractivity contribution < 1.29 is 14.6 Å². The van der Waals surface area contributed by atoms with E-state index in [1.807, 2.05) is 53.4 Å². The van der Waals surface area contributed by atoms with Gasteiger partial charge in [0.25, 0.3) is 5.91 Å². The molecule has 2 aliphatic rings. The zero-order valence-corrected chi connectivity index (χ0v) is 24.8. The lowest BCUT2D eigenvalue weighted by atomic mass is 9.80. The summed E-state index contributed by atoms with van der Waals surface area (Å²) in [6, 6.07) is 20.2. The number of amides is 1. The summed E-state index contributed by atoms with van der Waals surface area (Å²) < 4.78 is 8.01. The molecular formula is C31H41ClN4O3S. The number of carbonyl (C=O) groups is 1. The molecule has 1 aliphatic heterocycles. The van der Waals surface area contributed by atoms with Crippen molar-refractivity contribution in [3.05, 3.63) is 78.2 Å². The molecule has 2 aromatic carbocycles. The van der Waals surface area contributed by atoms with Crippen LogP contribution in [-0.2, 0) is 11.2 Å². The van der Waals surface area contributed by atoms with Crippen molar-refractivity contribution in [3.63, 3.8) is 0 Å². The van der Waals surface area contributed by atoms with E-state index in [1.165, 1.54) is 5.56 Å². The summed E-state index contributed by atoms with van der Waals surface area (Å²) in [6.45, 7) is 3.03. The SMILES string of the molecule is CSCCOCC1(O)CCCCC1n1cnc(C(=O)N2CCNC[C@H]2Cc2ccccc2)c1-c1ccccc1.Cl. The first-order valence-corrected chi connectivity index (χ1v) is 15.5. The number of hydrogen-bond acceptors (Lipinski definition) is 6. The van der Waals surface area contributed by atoms with Gasteiger partial charge in [-0.05, 0) is 31.1 Å². The van der Waals surface area contributed by atoms with E-state index in [0.717, 1.165) is 55.8 Å². The van der Waals surface area contributed by atoms with E-state index in [4.69, 9.17) is 9.72 Å². The van der Waals surface area contributed by atoms with Crippen LogP contribution in [0.3, 0.4) is 0 Å². The molecule has 1 saturated carbocycles. The van der Waals surface area contributed by atoms with Crippen LogP contribution in [0.25, 0.3) is 11.3 Å². The number of benzene rings is 2. The number of halogens is 1. The highest BCUT2D eigenvalue weighted by molar-refractivity contribution is 7.98. The van der Waals surface area contributed by atoms with Gasteiger partial charge in [0, 0.05) is 37.0 Å². The Hall–Kier alpha value is -2.36. The van der Waals surface area contributed by atoms with Crippen LogP contribution in [-0.4, -0.2) is 82.0 Å². The maximum absolute atomic E-state index is 14.2. The highest BCUT2D eigenvalue weighted by Gasteiger charge is 2.42. The number of hydrogen-bond donors (Lipinski definition) is 2. The molecule has 40 heavy (non-hydrogen) atoms. The van der Waals surface area contributed by atoms with Crippen molar-refractivity contribution in [1.29, 1.82) is 0 Å². The Morgan fingerprint density at radius 2 is 1.90 bits per heavy atom. The minimum Gasteiger partial charge on any atom is -0.385 e. The van der Waals surface area contributed by atoms with Crippen LogP contribution in [0, 0.1) is 0 Å². The van der Waals surface area contributed by atoms with E-state index in [1.54, 1.807) is 18.1 Å². The molecule has 2 unspecified atom stereocenters. The van der Waals surface area contributed by atoms with Crippen LogP contribution in [0.1, 0.15) is 47.8 Å². The van der Waals surface area contributed by atoms with Crippen molar-refractivity contribution in [2.75, 3.05) is 44.9 Å². The molecule has 7 nitrogen and oxygen atoms in total. The average Bonchev–Trinajstić information content (AvgIpc) is 3.41. The fourth-order valence-corrected chi connectivity index (χ4v) is 6.31. The summed E-state index contributed by atoms with van der Waals surface area (Å²) in [5, 5.41) is 15.3. The van der Waals surface area contributed by atoms with Crippen LogP contribution >= 0.6 is 24.2 Å². The van der Waals surface area contributed by atoms with Gasteiger partial charge in [0.1, 0.15) is 5.60 Å². The van der Waals surface area contributed by atoms with Gasteiger partial charge in [0.05, 0.1) is 31.3 Å². The van der Waals surface area contributed by atoms with Crippen molar-refractivity contribution in [2.45, 2.75) is 49.8 Å². The van der Waals surface area contributed by atoms with E-state index in [2.05, 4.69) is 28.3 Å². The maximum atomic E-state index is 14.2. The number of nitrogens with zero attached hydrogens (tertiary/aromatic N) is 3. The number of aliphatic hydroxyl groups is 1. The third-order valence-electron chi connectivity index (χ3n) is 8.05. The molecule has 5 rings (SSSR count). The molecule has 2 N–H and O–H groups in total. The molecule has 216 valence electrons. The lowest BCUT2D eigenvalue weighted by Gasteiger charge is -2.41. The standard InChI is InChI=1S/C31H40N4O3S.ClH/c1-39-19-18-38-22-31(37)15-9-8-14-27(31)35-23-33-28(29(35)25-12-6-3-7-13-25)30(36)34-17-16-32-21-26(34)20-24-10-4-2-5-11-24;/h2-7,10-13,23,26-27,32,37H,8-9,14-22H2,1H3;1H/t26-,27?,31?;/m1./s1. The normalized spacial score (nSPS) is 23.0. The van der Waals surface area contributed by atoms with Crippen LogP contribution < -0.4 is 5.32 Å². The van der Waals surface area contributed by atoms with E-state index in [-0.39, 0.29) is 37.0 Å². The Morgan fingerprint density at radius 3 is 2.65 bits per heavy atom. The predicted octanol–water partition coefficient (Wildman–Crippen LogP) is 4.85. The van der Waals surface area contributed by atoms with Gasteiger partial charge < -0.3 is 24.6 Å². The predicted molar refractivity (Wildman–Crippen MR) is 164 cm³/mol. The Labute approximate surface area is 248 Å². The first-order chi connectivity index (χ1) is 19.1. The minimum atomic E-state index is -1.01. The van der Waals surface area contributed by atoms with Crippen LogP contribution in [0.4, 0.5) is 0 Å². The number of nitrogens with one attached hydrogen (secondary N) is 1. The zero-order valence-electron chi connectivity index (χ0n) is 23.2. The fourth-order valence-electron chi connectivity index (χ4n) is 6.03. The zero-order chi connectivity index (χ0) is 27.1. The van der Waals surface area contributed by atoms with Crippen LogP contribution in [0.2, 0.25) is 0 Å². The van der Waals surface area contributed by atoms with Gasteiger partial charge in [-0.15, -0.1) is 12.4 Å². The molecule has 3 atom stereocenters. The molecule has 1 saturated heterocycles. The van der Waals surface area contributed by atoms with E-state index < -0.39 is 5.60 Å². The van der Waals surface area contributed by atoms with Gasteiger partial charge in [-0.1, -0.05) is 73.5 Å². The van der Waals surface area contributed by atoms with Gasteiger partial charge in [0.2, 0.25) is 0 Å². The monoisotopic (exact) mass is 584 g/mol. The molecule has 1 aliphatic carbocycles. The van der Waals surface area contributed by atoms with E-state index >= 15 is 0 Å². The summed E-state index contributed by atoms with van der Waals surface area (Å²) in [4.78, 5) is 21.0. The number of carbonyl (C=O) groups excluding carboxylic acids is 1. The molecule has 0 bridgehead atoms. The van der Waals surface area contributed by atoms with Crippen LogP contribution in [0.5, 0.6) is 0 Å².